The summed E-state index contributed by atoms with van der Waals surface area (Å²) in [7, 11) is 1.65. The fourth-order valence-corrected chi connectivity index (χ4v) is 5.17. The van der Waals surface area contributed by atoms with Crippen LogP contribution in [0.5, 0.6) is 0 Å². The Hall–Kier alpha value is -3.80. The molecule has 1 aliphatic rings. The number of nitrogens with two attached hydrogens (primary N) is 1. The topological polar surface area (TPSA) is 155 Å². The van der Waals surface area contributed by atoms with Gasteiger partial charge in [0.05, 0.1) is 6.61 Å². The lowest BCUT2D eigenvalue weighted by atomic mass is 9.94. The summed E-state index contributed by atoms with van der Waals surface area (Å²) in [5.74, 6) is -0.746. The van der Waals surface area contributed by atoms with Crippen LogP contribution >= 0.6 is 0 Å². The molecule has 4 N–H and O–H groups in total. The molecule has 0 saturated carbocycles. The minimum absolute atomic E-state index is 0.00948. The minimum Gasteiger partial charge on any atom is -0.449 e. The number of anilines is 1. The van der Waals surface area contributed by atoms with Crippen molar-refractivity contribution in [2.24, 2.45) is 5.73 Å². The van der Waals surface area contributed by atoms with Gasteiger partial charge in [0, 0.05) is 76.5 Å². The predicted molar refractivity (Wildman–Crippen MR) is 171 cm³/mol. The Kier molecular flexibility index (Phi) is 14.8. The molecule has 3 rings (SSSR count). The van der Waals surface area contributed by atoms with Crippen molar-refractivity contribution in [2.75, 3.05) is 58.6 Å². The molecular weight excluding hydrogens is 578 g/mol. The first-order valence-electron chi connectivity index (χ1n) is 16.2. The average molecular weight is 627 g/mol. The molecule has 0 aromatic heterocycles. The molecule has 246 valence electrons. The van der Waals surface area contributed by atoms with Gasteiger partial charge in [-0.15, -0.1) is 0 Å². The lowest BCUT2D eigenvalue weighted by Gasteiger charge is -2.15. The van der Waals surface area contributed by atoms with E-state index in [1.807, 2.05) is 24.3 Å². The Morgan fingerprint density at radius 2 is 1.53 bits per heavy atom. The number of primary amides is 1. The summed E-state index contributed by atoms with van der Waals surface area (Å²) >= 11 is 0. The molecule has 1 atom stereocenters. The zero-order valence-corrected chi connectivity index (χ0v) is 26.4. The first-order valence-corrected chi connectivity index (χ1v) is 15.7. The Morgan fingerprint density at radius 3 is 2.31 bits per heavy atom. The number of carbonyl (C=O) groups is 4. The fourth-order valence-electron chi connectivity index (χ4n) is 5.17. The third-order valence-corrected chi connectivity index (χ3v) is 7.48. The van der Waals surface area contributed by atoms with Crippen LogP contribution in [-0.2, 0) is 28.5 Å². The van der Waals surface area contributed by atoms with Crippen molar-refractivity contribution < 1.29 is 39.5 Å². The zero-order valence-electron chi connectivity index (χ0n) is 27.4. The number of amides is 3. The molecule has 0 heterocycles. The van der Waals surface area contributed by atoms with E-state index in [1.54, 1.807) is 25.0 Å². The number of fused-ring (bicyclic) bond motifs is 3. The summed E-state index contributed by atoms with van der Waals surface area (Å²) in [5.41, 5.74) is 6.34. The molecule has 0 radical (unpaired) electrons. The van der Waals surface area contributed by atoms with Crippen molar-refractivity contribution in [3.05, 3.63) is 53.1 Å². The van der Waals surface area contributed by atoms with Crippen molar-refractivity contribution >= 4 is 29.4 Å². The Morgan fingerprint density at radius 1 is 0.822 bits per heavy atom. The van der Waals surface area contributed by atoms with Gasteiger partial charge in [0.25, 0.3) is 0 Å². The second-order valence-electron chi connectivity index (χ2n) is 11.0. The molecule has 2 aromatic carbocycles. The van der Waals surface area contributed by atoms with Crippen molar-refractivity contribution in [2.45, 2.75) is 64.2 Å². The van der Waals surface area contributed by atoms with E-state index in [9.17, 15) is 19.2 Å². The van der Waals surface area contributed by atoms with Gasteiger partial charge in [-0.25, -0.2) is 4.79 Å². The number of carbonyl (C=O) groups excluding carboxylic acids is 4. The number of Topliss-reactive ketones (excluding diaryl/α,β-unsaturated/α-hetero) is 1. The lowest BCUT2D eigenvalue weighted by Crippen LogP contribution is -2.27. The molecule has 2 aromatic rings. The highest BCUT2D eigenvalue weighted by atomic mass is 16.5. The zero-order chi connectivity index (χ0) is 33.1. The predicted octanol–water partition coefficient (Wildman–Crippen LogP) is 4.95. The number of ether oxygens (including phenoxy) is 4. The van der Waals surface area contributed by atoms with Crippen molar-refractivity contribution in [1.29, 1.82) is 0 Å². The number of hydrogen-bond acceptors (Lipinski definition) is 8. The fraction of sp³-hybridized carbons (Fsp3) is 0.529. The number of hydrogen-bond donors (Lipinski definition) is 3. The number of ketones is 1. The molecule has 0 spiro atoms. The summed E-state index contributed by atoms with van der Waals surface area (Å²) in [4.78, 5) is 49.5. The quantitative estimate of drug-likeness (QED) is 0.122. The van der Waals surface area contributed by atoms with Gasteiger partial charge >= 0.3 is 6.09 Å². The summed E-state index contributed by atoms with van der Waals surface area (Å²) in [6.07, 6.45) is 3.73. The van der Waals surface area contributed by atoms with Crippen LogP contribution in [-0.4, -0.2) is 77.0 Å². The van der Waals surface area contributed by atoms with Gasteiger partial charge in [-0.2, -0.15) is 0 Å². The molecular formula is C34H47N3O8. The smallest absolute Gasteiger partial charge is 0.404 e. The van der Waals surface area contributed by atoms with Crippen molar-refractivity contribution in [3.8, 4) is 11.1 Å². The number of benzene rings is 2. The third-order valence-electron chi connectivity index (χ3n) is 7.48. The van der Waals surface area contributed by atoms with Crippen LogP contribution in [0.15, 0.2) is 36.4 Å². The van der Waals surface area contributed by atoms with Crippen LogP contribution in [0.2, 0.25) is 1.41 Å². The SMILES string of the molecule is [2H]NC(=O)OCC1c2cc(NC(=O)CCCC(=O)NCCOCCCC)ccc2-c2ccc(C(=O)CCCOCCCOC)cc21. The first kappa shape index (κ1) is 34.1. The van der Waals surface area contributed by atoms with E-state index in [0.717, 1.165) is 41.5 Å². The standard InChI is InChI=1S/C34H47N3O8/c1-3-4-17-44-20-15-36-32(39)9-5-10-33(40)37-25-12-14-27-26-13-11-24(31(38)8-6-18-43-19-7-16-42-2)21-28(26)30(29(27)22-25)23-45-34(35)41/h11-14,21-22,30H,3-10,15-20,23H2,1-2H3,(H2,35,41)(H,36,39)(H,37,40)/i/hD. The summed E-state index contributed by atoms with van der Waals surface area (Å²) in [5, 5.41) is 5.70. The van der Waals surface area contributed by atoms with E-state index in [0.29, 0.717) is 70.1 Å². The molecule has 0 saturated heterocycles. The van der Waals surface area contributed by atoms with E-state index in [4.69, 9.17) is 20.4 Å². The number of rotatable bonds is 22. The molecule has 0 fully saturated rings. The molecule has 1 unspecified atom stereocenters. The largest absolute Gasteiger partial charge is 0.449 e. The average Bonchev–Trinajstić information content (AvgIpc) is 3.36. The highest BCUT2D eigenvalue weighted by Crippen LogP contribution is 2.46. The highest BCUT2D eigenvalue weighted by Gasteiger charge is 2.31. The van der Waals surface area contributed by atoms with E-state index in [-0.39, 0.29) is 37.0 Å². The van der Waals surface area contributed by atoms with Gasteiger partial charge < -0.3 is 35.3 Å². The van der Waals surface area contributed by atoms with E-state index < -0.39 is 12.0 Å². The van der Waals surface area contributed by atoms with Crippen LogP contribution in [0.25, 0.3) is 11.1 Å². The lowest BCUT2D eigenvalue weighted by molar-refractivity contribution is -0.121. The van der Waals surface area contributed by atoms with Crippen LogP contribution in [0.1, 0.15) is 85.7 Å². The van der Waals surface area contributed by atoms with Crippen molar-refractivity contribution in [1.82, 2.24) is 5.32 Å². The number of methoxy groups -OCH3 is 1. The van der Waals surface area contributed by atoms with Crippen LogP contribution in [0.3, 0.4) is 0 Å². The molecule has 1 aliphatic carbocycles. The van der Waals surface area contributed by atoms with Gasteiger partial charge in [0.15, 0.2) is 7.20 Å². The monoisotopic (exact) mass is 626 g/mol. The Labute approximate surface area is 267 Å². The van der Waals surface area contributed by atoms with E-state index in [1.165, 1.54) is 0 Å². The normalized spacial score (nSPS) is 13.4. The molecule has 11 nitrogen and oxygen atoms in total. The first-order chi connectivity index (χ1) is 22.4. The van der Waals surface area contributed by atoms with Crippen molar-refractivity contribution in [3.63, 3.8) is 0 Å². The summed E-state index contributed by atoms with van der Waals surface area (Å²) in [6, 6.07) is 11.1. The second-order valence-corrected chi connectivity index (χ2v) is 11.0. The Bertz CT molecular complexity index is 1310. The molecule has 11 heteroatoms. The van der Waals surface area contributed by atoms with Gasteiger partial charge in [-0.1, -0.05) is 31.5 Å². The number of nitrogens with one attached hydrogen (secondary N) is 2. The van der Waals surface area contributed by atoms with Crippen LogP contribution in [0, 0.1) is 0 Å². The maximum Gasteiger partial charge on any atom is 0.404 e. The highest BCUT2D eigenvalue weighted by molar-refractivity contribution is 5.98. The summed E-state index contributed by atoms with van der Waals surface area (Å²) in [6.45, 7) is 5.35. The molecule has 0 bridgehead atoms. The number of unbranched alkanes of at least 4 members (excludes halogenated alkanes) is 1. The maximum atomic E-state index is 13.0. The van der Waals surface area contributed by atoms with Gasteiger partial charge in [-0.05, 0) is 66.1 Å². The second kappa shape index (κ2) is 19.6. The summed E-state index contributed by atoms with van der Waals surface area (Å²) < 4.78 is 28.4. The minimum atomic E-state index is -0.884. The van der Waals surface area contributed by atoms with Gasteiger partial charge in [-0.3, -0.25) is 14.4 Å². The van der Waals surface area contributed by atoms with Gasteiger partial charge in [0.2, 0.25) is 11.8 Å². The van der Waals surface area contributed by atoms with Crippen LogP contribution in [0.4, 0.5) is 10.5 Å². The van der Waals surface area contributed by atoms with Gasteiger partial charge in [0.1, 0.15) is 6.61 Å². The maximum absolute atomic E-state index is 13.0. The van der Waals surface area contributed by atoms with E-state index in [2.05, 4.69) is 17.6 Å². The molecule has 0 aliphatic heterocycles. The molecule has 45 heavy (non-hydrogen) atoms. The third kappa shape index (κ3) is 11.9. The van der Waals surface area contributed by atoms with Crippen LogP contribution < -0.4 is 16.4 Å². The molecule has 3 amide bonds. The van der Waals surface area contributed by atoms with E-state index >= 15 is 0 Å². The Balaban J connectivity index is 1.59.